The fraction of sp³-hybridized carbons (Fsp3) is 0.0435. The van der Waals surface area contributed by atoms with Gasteiger partial charge in [-0.3, -0.25) is 0 Å². The van der Waals surface area contributed by atoms with Crippen molar-refractivity contribution in [3.05, 3.63) is 113 Å². The molecule has 0 heterocycles. The molecular weight excluding hydrogens is 276 g/mol. The fourth-order valence-corrected chi connectivity index (χ4v) is 3.10. The summed E-state index contributed by atoms with van der Waals surface area (Å²) in [7, 11) is 0. The molecule has 1 unspecified atom stereocenters. The van der Waals surface area contributed by atoms with Gasteiger partial charge in [-0.15, -0.1) is 0 Å². The summed E-state index contributed by atoms with van der Waals surface area (Å²) in [4.78, 5) is 0. The van der Waals surface area contributed by atoms with Crippen LogP contribution in [0.1, 0.15) is 28.2 Å². The molecule has 108 valence electrons. The first kappa shape index (κ1) is 13.6. The van der Waals surface area contributed by atoms with Gasteiger partial charge >= 0.3 is 0 Å². The Balaban J connectivity index is 1.78. The van der Waals surface area contributed by atoms with Crippen LogP contribution in [0.4, 0.5) is 0 Å². The average Bonchev–Trinajstić information content (AvgIpc) is 3.00. The Morgan fingerprint density at radius 3 is 2.04 bits per heavy atom. The summed E-state index contributed by atoms with van der Waals surface area (Å²) in [5, 5.41) is 0. The van der Waals surface area contributed by atoms with Crippen LogP contribution in [0, 0.1) is 11.8 Å². The van der Waals surface area contributed by atoms with E-state index in [-0.39, 0.29) is 5.92 Å². The van der Waals surface area contributed by atoms with Crippen LogP contribution in [-0.4, -0.2) is 0 Å². The normalized spacial score (nSPS) is 15.3. The first-order chi connectivity index (χ1) is 11.4. The molecule has 0 N–H and O–H groups in total. The maximum absolute atomic E-state index is 3.40. The maximum Gasteiger partial charge on any atom is 0.0425 e. The van der Waals surface area contributed by atoms with Crippen molar-refractivity contribution >= 4 is 6.08 Å². The zero-order valence-electron chi connectivity index (χ0n) is 12.7. The number of allylic oxidation sites excluding steroid dienone is 1. The van der Waals surface area contributed by atoms with Gasteiger partial charge in [0.2, 0.25) is 0 Å². The smallest absolute Gasteiger partial charge is 0.0425 e. The largest absolute Gasteiger partial charge is 0.0651 e. The van der Waals surface area contributed by atoms with E-state index in [1.165, 1.54) is 22.3 Å². The van der Waals surface area contributed by atoms with Gasteiger partial charge in [0, 0.05) is 17.1 Å². The van der Waals surface area contributed by atoms with Gasteiger partial charge in [0.1, 0.15) is 0 Å². The zero-order valence-corrected chi connectivity index (χ0v) is 12.7. The van der Waals surface area contributed by atoms with Gasteiger partial charge in [-0.05, 0) is 34.9 Å². The van der Waals surface area contributed by atoms with Crippen LogP contribution in [0.3, 0.4) is 0 Å². The van der Waals surface area contributed by atoms with Gasteiger partial charge < -0.3 is 0 Å². The Hall–Kier alpha value is -3.04. The molecule has 0 amide bonds. The highest BCUT2D eigenvalue weighted by atomic mass is 14.3. The van der Waals surface area contributed by atoms with Crippen LogP contribution < -0.4 is 0 Å². The Kier molecular flexibility index (Phi) is 3.54. The summed E-state index contributed by atoms with van der Waals surface area (Å²) in [6.45, 7) is 0. The topological polar surface area (TPSA) is 0 Å². The van der Waals surface area contributed by atoms with Crippen molar-refractivity contribution in [3.8, 4) is 11.8 Å². The number of hydrogen-bond acceptors (Lipinski definition) is 0. The van der Waals surface area contributed by atoms with Crippen molar-refractivity contribution in [1.29, 1.82) is 0 Å². The van der Waals surface area contributed by atoms with Crippen LogP contribution in [0.25, 0.3) is 6.08 Å². The third-order valence-electron chi connectivity index (χ3n) is 4.19. The summed E-state index contributed by atoms with van der Waals surface area (Å²) in [5.41, 5.74) is 6.14. The first-order valence-electron chi connectivity index (χ1n) is 7.84. The molecule has 3 aromatic rings. The molecule has 1 aliphatic rings. The molecule has 0 fully saturated rings. The van der Waals surface area contributed by atoms with E-state index in [2.05, 4.69) is 72.5 Å². The van der Waals surface area contributed by atoms with Crippen molar-refractivity contribution in [3.63, 3.8) is 0 Å². The van der Waals surface area contributed by atoms with E-state index >= 15 is 0 Å². The van der Waals surface area contributed by atoms with Gasteiger partial charge in [-0.25, -0.2) is 0 Å². The molecule has 0 saturated heterocycles. The Morgan fingerprint density at radius 1 is 0.609 bits per heavy atom. The van der Waals surface area contributed by atoms with Crippen molar-refractivity contribution in [2.75, 3.05) is 0 Å². The second-order valence-corrected chi connectivity index (χ2v) is 5.69. The second-order valence-electron chi connectivity index (χ2n) is 5.69. The van der Waals surface area contributed by atoms with E-state index in [1.54, 1.807) is 0 Å². The van der Waals surface area contributed by atoms with E-state index in [9.17, 15) is 0 Å². The minimum Gasteiger partial charge on any atom is -0.0651 e. The van der Waals surface area contributed by atoms with Crippen LogP contribution >= 0.6 is 0 Å². The van der Waals surface area contributed by atoms with Crippen molar-refractivity contribution in [2.24, 2.45) is 0 Å². The lowest BCUT2D eigenvalue weighted by Gasteiger charge is -2.14. The summed E-state index contributed by atoms with van der Waals surface area (Å²) in [6, 6.07) is 29.4. The zero-order chi connectivity index (χ0) is 15.5. The number of benzene rings is 3. The summed E-state index contributed by atoms with van der Waals surface area (Å²) < 4.78 is 0. The molecule has 0 nitrogen and oxygen atoms in total. The molecule has 0 aliphatic heterocycles. The fourth-order valence-electron chi connectivity index (χ4n) is 3.10. The Morgan fingerprint density at radius 2 is 1.26 bits per heavy atom. The van der Waals surface area contributed by atoms with Crippen LogP contribution in [0.15, 0.2) is 90.5 Å². The van der Waals surface area contributed by atoms with Gasteiger partial charge in [-0.1, -0.05) is 84.6 Å². The van der Waals surface area contributed by atoms with E-state index in [0.29, 0.717) is 0 Å². The van der Waals surface area contributed by atoms with Gasteiger partial charge in [0.05, 0.1) is 0 Å². The number of hydrogen-bond donors (Lipinski definition) is 0. The second kappa shape index (κ2) is 5.99. The highest BCUT2D eigenvalue weighted by molar-refractivity contribution is 5.74. The molecule has 0 heteroatoms. The molecule has 0 saturated carbocycles. The van der Waals surface area contributed by atoms with E-state index in [0.717, 1.165) is 5.56 Å². The lowest BCUT2D eigenvalue weighted by Crippen LogP contribution is -2.00. The van der Waals surface area contributed by atoms with Gasteiger partial charge in [-0.2, -0.15) is 0 Å². The summed E-state index contributed by atoms with van der Waals surface area (Å²) in [5.74, 6) is 6.95. The van der Waals surface area contributed by atoms with Crippen molar-refractivity contribution in [2.45, 2.75) is 5.92 Å². The third kappa shape index (κ3) is 2.70. The predicted molar refractivity (Wildman–Crippen MR) is 96.0 cm³/mol. The highest BCUT2D eigenvalue weighted by Crippen LogP contribution is 2.40. The number of fused-ring (bicyclic) bond motifs is 1. The molecule has 0 bridgehead atoms. The third-order valence-corrected chi connectivity index (χ3v) is 4.19. The highest BCUT2D eigenvalue weighted by Gasteiger charge is 2.25. The first-order valence-corrected chi connectivity index (χ1v) is 7.84. The van der Waals surface area contributed by atoms with Gasteiger partial charge in [0.15, 0.2) is 0 Å². The van der Waals surface area contributed by atoms with Crippen LogP contribution in [0.5, 0.6) is 0 Å². The van der Waals surface area contributed by atoms with E-state index < -0.39 is 0 Å². The van der Waals surface area contributed by atoms with E-state index in [1.807, 2.05) is 30.3 Å². The molecule has 1 aliphatic carbocycles. The van der Waals surface area contributed by atoms with Crippen molar-refractivity contribution in [1.82, 2.24) is 0 Å². The monoisotopic (exact) mass is 292 g/mol. The summed E-state index contributed by atoms with van der Waals surface area (Å²) >= 11 is 0. The van der Waals surface area contributed by atoms with Crippen LogP contribution in [-0.2, 0) is 0 Å². The van der Waals surface area contributed by atoms with Crippen LogP contribution in [0.2, 0.25) is 0 Å². The Labute approximate surface area is 137 Å². The Bertz CT molecular complexity index is 906. The molecular formula is C23H16. The molecule has 0 radical (unpaired) electrons. The number of rotatable bonds is 1. The SMILES string of the molecule is C(#Cc1ccccc1)C1=Cc2ccccc2C1c1ccccc1. The van der Waals surface area contributed by atoms with E-state index in [4.69, 9.17) is 0 Å². The molecule has 0 aromatic heterocycles. The van der Waals surface area contributed by atoms with Crippen molar-refractivity contribution < 1.29 is 0 Å². The molecule has 0 spiro atoms. The van der Waals surface area contributed by atoms with Gasteiger partial charge in [0.25, 0.3) is 0 Å². The molecule has 4 rings (SSSR count). The molecule has 1 atom stereocenters. The predicted octanol–water partition coefficient (Wildman–Crippen LogP) is 5.27. The maximum atomic E-state index is 3.40. The quantitative estimate of drug-likeness (QED) is 0.536. The lowest BCUT2D eigenvalue weighted by atomic mass is 9.88. The minimum atomic E-state index is 0.239. The molecule has 23 heavy (non-hydrogen) atoms. The molecule has 3 aromatic carbocycles. The lowest BCUT2D eigenvalue weighted by molar-refractivity contribution is 1.01. The minimum absolute atomic E-state index is 0.239. The average molecular weight is 292 g/mol. The standard InChI is InChI=1S/C23H16/c1-3-9-18(10-4-1)15-16-21-17-20-13-7-8-14-22(20)23(21)19-11-5-2-6-12-19/h1-14,17,23H. The summed E-state index contributed by atoms with van der Waals surface area (Å²) in [6.07, 6.45) is 2.23.